The van der Waals surface area contributed by atoms with Gasteiger partial charge in [0.25, 0.3) is 0 Å². The van der Waals surface area contributed by atoms with Gasteiger partial charge in [0.2, 0.25) is 0 Å². The van der Waals surface area contributed by atoms with E-state index in [2.05, 4.69) is 4.98 Å². The van der Waals surface area contributed by atoms with Gasteiger partial charge in [0.1, 0.15) is 11.5 Å². The van der Waals surface area contributed by atoms with Gasteiger partial charge in [-0.2, -0.15) is 0 Å². The third-order valence-electron chi connectivity index (χ3n) is 2.70. The molecule has 0 aliphatic carbocycles. The molecule has 0 saturated carbocycles. The van der Waals surface area contributed by atoms with Crippen LogP contribution in [0.3, 0.4) is 0 Å². The van der Waals surface area contributed by atoms with Gasteiger partial charge in [-0.05, 0) is 35.4 Å². The first-order chi connectivity index (χ1) is 8.78. The van der Waals surface area contributed by atoms with E-state index in [0.29, 0.717) is 5.75 Å². The lowest BCUT2D eigenvalue weighted by Crippen LogP contribution is -1.92. The summed E-state index contributed by atoms with van der Waals surface area (Å²) in [6.07, 6.45) is 3.41. The van der Waals surface area contributed by atoms with Crippen LogP contribution in [0.4, 0.5) is 0 Å². The van der Waals surface area contributed by atoms with Gasteiger partial charge in [0.05, 0.1) is 20.8 Å². The van der Waals surface area contributed by atoms with Gasteiger partial charge < -0.3 is 14.6 Å². The number of benzene rings is 1. The Labute approximate surface area is 106 Å². The largest absolute Gasteiger partial charge is 0.497 e. The minimum atomic E-state index is -0.0349. The number of pyridine rings is 1. The Morgan fingerprint density at radius 3 is 2.67 bits per heavy atom. The SMILES string of the molecule is COc1cc(CO)cc(-c2cnccc2OC)c1. The zero-order chi connectivity index (χ0) is 13.0. The molecule has 0 amide bonds. The molecule has 1 aromatic heterocycles. The number of hydrogen-bond acceptors (Lipinski definition) is 4. The lowest BCUT2D eigenvalue weighted by Gasteiger charge is -2.10. The molecule has 2 rings (SSSR count). The predicted octanol–water partition coefficient (Wildman–Crippen LogP) is 2.26. The van der Waals surface area contributed by atoms with Gasteiger partial charge in [-0.1, -0.05) is 0 Å². The summed E-state index contributed by atoms with van der Waals surface area (Å²) in [5.41, 5.74) is 2.56. The first-order valence-corrected chi connectivity index (χ1v) is 5.55. The molecule has 0 fully saturated rings. The van der Waals surface area contributed by atoms with E-state index >= 15 is 0 Å². The molecule has 1 heterocycles. The second-order valence-corrected chi connectivity index (χ2v) is 3.80. The summed E-state index contributed by atoms with van der Waals surface area (Å²) in [6.45, 7) is -0.0349. The lowest BCUT2D eigenvalue weighted by atomic mass is 10.0. The third kappa shape index (κ3) is 2.43. The minimum absolute atomic E-state index is 0.0349. The van der Waals surface area contributed by atoms with Gasteiger partial charge in [-0.3, -0.25) is 4.98 Å². The fraction of sp³-hybridized carbons (Fsp3) is 0.214. The summed E-state index contributed by atoms with van der Waals surface area (Å²) in [7, 11) is 3.21. The van der Waals surface area contributed by atoms with E-state index in [9.17, 15) is 5.11 Å². The first kappa shape index (κ1) is 12.4. The van der Waals surface area contributed by atoms with Crippen molar-refractivity contribution in [3.63, 3.8) is 0 Å². The van der Waals surface area contributed by atoms with Crippen molar-refractivity contribution in [3.8, 4) is 22.6 Å². The van der Waals surface area contributed by atoms with Crippen LogP contribution in [0, 0.1) is 0 Å². The monoisotopic (exact) mass is 245 g/mol. The molecule has 4 heteroatoms. The number of methoxy groups -OCH3 is 2. The number of ether oxygens (including phenoxy) is 2. The molecule has 0 saturated heterocycles. The molecule has 0 radical (unpaired) electrons. The Balaban J connectivity index is 2.55. The topological polar surface area (TPSA) is 51.6 Å². The molecular formula is C14H15NO3. The van der Waals surface area contributed by atoms with Crippen LogP contribution in [-0.2, 0) is 6.61 Å². The number of nitrogens with zero attached hydrogens (tertiary/aromatic N) is 1. The highest BCUT2D eigenvalue weighted by Crippen LogP contribution is 2.32. The van der Waals surface area contributed by atoms with Crippen molar-refractivity contribution in [2.75, 3.05) is 14.2 Å². The highest BCUT2D eigenvalue weighted by atomic mass is 16.5. The maximum Gasteiger partial charge on any atom is 0.129 e. The number of hydrogen-bond donors (Lipinski definition) is 1. The molecule has 2 aromatic rings. The zero-order valence-electron chi connectivity index (χ0n) is 10.4. The average molecular weight is 245 g/mol. The van der Waals surface area contributed by atoms with Crippen LogP contribution in [0.1, 0.15) is 5.56 Å². The Kier molecular flexibility index (Phi) is 3.79. The van der Waals surface area contributed by atoms with Crippen LogP contribution in [0.15, 0.2) is 36.7 Å². The van der Waals surface area contributed by atoms with Crippen LogP contribution >= 0.6 is 0 Å². The summed E-state index contributed by atoms with van der Waals surface area (Å²) < 4.78 is 10.5. The van der Waals surface area contributed by atoms with Crippen molar-refractivity contribution in [3.05, 3.63) is 42.2 Å². The van der Waals surface area contributed by atoms with E-state index in [0.717, 1.165) is 22.4 Å². The molecule has 18 heavy (non-hydrogen) atoms. The Hall–Kier alpha value is -2.07. The Morgan fingerprint density at radius 2 is 2.00 bits per heavy atom. The quantitative estimate of drug-likeness (QED) is 0.897. The first-order valence-electron chi connectivity index (χ1n) is 5.55. The fourth-order valence-corrected chi connectivity index (χ4v) is 1.80. The van der Waals surface area contributed by atoms with E-state index in [4.69, 9.17) is 9.47 Å². The second kappa shape index (κ2) is 5.51. The number of aliphatic hydroxyl groups is 1. The second-order valence-electron chi connectivity index (χ2n) is 3.80. The van der Waals surface area contributed by atoms with Crippen molar-refractivity contribution < 1.29 is 14.6 Å². The standard InChI is InChI=1S/C14H15NO3/c1-17-12-6-10(9-16)5-11(7-12)13-8-15-4-3-14(13)18-2/h3-8,16H,9H2,1-2H3. The van der Waals surface area contributed by atoms with E-state index in [1.165, 1.54) is 0 Å². The minimum Gasteiger partial charge on any atom is -0.497 e. The zero-order valence-corrected chi connectivity index (χ0v) is 10.4. The molecule has 0 bridgehead atoms. The van der Waals surface area contributed by atoms with E-state index in [-0.39, 0.29) is 6.61 Å². The van der Waals surface area contributed by atoms with Crippen LogP contribution in [-0.4, -0.2) is 24.3 Å². The maximum atomic E-state index is 9.25. The highest BCUT2D eigenvalue weighted by Gasteiger charge is 2.08. The number of rotatable bonds is 4. The molecule has 1 N–H and O–H groups in total. The summed E-state index contributed by atoms with van der Waals surface area (Å²) in [5, 5.41) is 9.25. The molecule has 4 nitrogen and oxygen atoms in total. The summed E-state index contributed by atoms with van der Waals surface area (Å²) in [6, 6.07) is 7.38. The van der Waals surface area contributed by atoms with Crippen LogP contribution in [0.25, 0.3) is 11.1 Å². The van der Waals surface area contributed by atoms with Gasteiger partial charge in [0, 0.05) is 18.0 Å². The van der Waals surface area contributed by atoms with E-state index in [1.54, 1.807) is 38.7 Å². The average Bonchev–Trinajstić information content (AvgIpc) is 2.46. The highest BCUT2D eigenvalue weighted by molar-refractivity contribution is 5.71. The van der Waals surface area contributed by atoms with Gasteiger partial charge in [-0.15, -0.1) is 0 Å². The molecule has 0 atom stereocenters. The summed E-state index contributed by atoms with van der Waals surface area (Å²) >= 11 is 0. The van der Waals surface area contributed by atoms with Crippen LogP contribution in [0.5, 0.6) is 11.5 Å². The van der Waals surface area contributed by atoms with Crippen molar-refractivity contribution in [1.29, 1.82) is 0 Å². The molecule has 0 aliphatic rings. The summed E-state index contributed by atoms with van der Waals surface area (Å²) in [4.78, 5) is 4.10. The number of aliphatic hydroxyl groups excluding tert-OH is 1. The van der Waals surface area contributed by atoms with Crippen molar-refractivity contribution in [2.24, 2.45) is 0 Å². The molecular weight excluding hydrogens is 230 g/mol. The smallest absolute Gasteiger partial charge is 0.129 e. The molecule has 94 valence electrons. The van der Waals surface area contributed by atoms with Crippen molar-refractivity contribution >= 4 is 0 Å². The molecule has 1 aromatic carbocycles. The predicted molar refractivity (Wildman–Crippen MR) is 68.7 cm³/mol. The van der Waals surface area contributed by atoms with Crippen LogP contribution < -0.4 is 9.47 Å². The maximum absolute atomic E-state index is 9.25. The normalized spacial score (nSPS) is 10.2. The molecule has 0 aliphatic heterocycles. The van der Waals surface area contributed by atoms with Gasteiger partial charge in [-0.25, -0.2) is 0 Å². The number of aromatic nitrogens is 1. The van der Waals surface area contributed by atoms with E-state index < -0.39 is 0 Å². The Morgan fingerprint density at radius 1 is 1.17 bits per heavy atom. The summed E-state index contributed by atoms with van der Waals surface area (Å²) in [5.74, 6) is 1.43. The van der Waals surface area contributed by atoms with Gasteiger partial charge >= 0.3 is 0 Å². The van der Waals surface area contributed by atoms with Crippen molar-refractivity contribution in [1.82, 2.24) is 4.98 Å². The van der Waals surface area contributed by atoms with Gasteiger partial charge in [0.15, 0.2) is 0 Å². The molecule has 0 spiro atoms. The fourth-order valence-electron chi connectivity index (χ4n) is 1.80. The lowest BCUT2D eigenvalue weighted by molar-refractivity contribution is 0.281. The third-order valence-corrected chi connectivity index (χ3v) is 2.70. The Bertz CT molecular complexity index is 518. The van der Waals surface area contributed by atoms with Crippen LogP contribution in [0.2, 0.25) is 0 Å². The van der Waals surface area contributed by atoms with E-state index in [1.807, 2.05) is 12.1 Å². The molecule has 0 unspecified atom stereocenters. The van der Waals surface area contributed by atoms with Crippen molar-refractivity contribution in [2.45, 2.75) is 6.61 Å².